The van der Waals surface area contributed by atoms with Crippen LogP contribution in [0.4, 0.5) is 0 Å². The van der Waals surface area contributed by atoms with Gasteiger partial charge in [0.15, 0.2) is 0 Å². The number of carbonyl (C=O) groups is 1. The lowest BCUT2D eigenvalue weighted by atomic mass is 10.0. The van der Waals surface area contributed by atoms with E-state index >= 15 is 0 Å². The molecule has 0 aromatic rings. The van der Waals surface area contributed by atoms with E-state index in [0.717, 1.165) is 12.8 Å². The van der Waals surface area contributed by atoms with Gasteiger partial charge >= 0.3 is 0 Å². The molecule has 0 radical (unpaired) electrons. The topological polar surface area (TPSA) is 50.8 Å². The van der Waals surface area contributed by atoms with Gasteiger partial charge in [0.1, 0.15) is 0 Å². The van der Waals surface area contributed by atoms with E-state index in [9.17, 15) is 4.79 Å². The van der Waals surface area contributed by atoms with Crippen LogP contribution in [0.15, 0.2) is 0 Å². The summed E-state index contributed by atoms with van der Waals surface area (Å²) in [5.74, 6) is 0.739. The Morgan fingerprint density at radius 1 is 1.42 bits per heavy atom. The van der Waals surface area contributed by atoms with Crippen molar-refractivity contribution in [2.75, 3.05) is 26.4 Å². The second-order valence-electron chi connectivity index (χ2n) is 5.83. The number of amides is 1. The minimum atomic E-state index is -0.0329. The second kappa shape index (κ2) is 6.68. The van der Waals surface area contributed by atoms with Crippen molar-refractivity contribution in [3.8, 4) is 0 Å². The first kappa shape index (κ1) is 14.8. The maximum Gasteiger partial charge on any atom is 0.241 e. The van der Waals surface area contributed by atoms with Gasteiger partial charge in [-0.25, -0.2) is 0 Å². The summed E-state index contributed by atoms with van der Waals surface area (Å²) in [6.45, 7) is 8.93. The van der Waals surface area contributed by atoms with Gasteiger partial charge in [0.25, 0.3) is 0 Å². The molecule has 2 fully saturated rings. The Kier molecular flexibility index (Phi) is 5.19. The van der Waals surface area contributed by atoms with E-state index in [2.05, 4.69) is 26.1 Å². The van der Waals surface area contributed by atoms with Crippen LogP contribution in [0.25, 0.3) is 0 Å². The molecule has 2 aliphatic heterocycles. The van der Waals surface area contributed by atoms with Crippen LogP contribution in [0.1, 0.15) is 33.6 Å². The molecule has 2 aliphatic rings. The Hall–Kier alpha value is -0.650. The molecule has 3 unspecified atom stereocenters. The van der Waals surface area contributed by atoms with Crippen LogP contribution in [0.2, 0.25) is 0 Å². The minimum Gasteiger partial charge on any atom is -0.376 e. The van der Waals surface area contributed by atoms with E-state index in [1.165, 1.54) is 0 Å². The zero-order valence-corrected chi connectivity index (χ0v) is 12.2. The number of nitrogens with zero attached hydrogens (tertiary/aromatic N) is 1. The molecule has 2 rings (SSSR count). The number of nitrogens with one attached hydrogen (secondary N) is 1. The third kappa shape index (κ3) is 3.68. The normalized spacial score (nSPS) is 32.3. The fraction of sp³-hybridized carbons (Fsp3) is 0.929. The molecule has 3 atom stereocenters. The molecular formula is C14H26N2O3. The summed E-state index contributed by atoms with van der Waals surface area (Å²) in [6, 6.07) is -0.0329. The highest BCUT2D eigenvalue weighted by molar-refractivity contribution is 5.84. The summed E-state index contributed by atoms with van der Waals surface area (Å²) in [5, 5.41) is 3.44. The second-order valence-corrected chi connectivity index (χ2v) is 5.83. The zero-order chi connectivity index (χ0) is 13.8. The smallest absolute Gasteiger partial charge is 0.241 e. The molecule has 5 heteroatoms. The molecule has 0 aromatic carbocycles. The van der Waals surface area contributed by atoms with E-state index in [1.807, 2.05) is 4.90 Å². The lowest BCUT2D eigenvalue weighted by molar-refractivity contribution is -0.137. The predicted octanol–water partition coefficient (Wildman–Crippen LogP) is 0.984. The molecule has 0 aromatic heterocycles. The molecule has 19 heavy (non-hydrogen) atoms. The molecule has 2 saturated heterocycles. The van der Waals surface area contributed by atoms with E-state index in [4.69, 9.17) is 9.47 Å². The van der Waals surface area contributed by atoms with Gasteiger partial charge in [-0.2, -0.15) is 0 Å². The van der Waals surface area contributed by atoms with Gasteiger partial charge < -0.3 is 14.4 Å². The number of rotatable bonds is 5. The predicted molar refractivity (Wildman–Crippen MR) is 72.7 cm³/mol. The molecule has 0 saturated carbocycles. The van der Waals surface area contributed by atoms with Gasteiger partial charge in [-0.15, -0.1) is 0 Å². The third-order valence-electron chi connectivity index (χ3n) is 3.73. The first-order valence-corrected chi connectivity index (χ1v) is 7.37. The Morgan fingerprint density at radius 3 is 2.79 bits per heavy atom. The lowest BCUT2D eigenvalue weighted by Crippen LogP contribution is -2.45. The van der Waals surface area contributed by atoms with Crippen molar-refractivity contribution in [2.45, 2.75) is 51.9 Å². The summed E-state index contributed by atoms with van der Waals surface area (Å²) in [6.07, 6.45) is 1.98. The van der Waals surface area contributed by atoms with Gasteiger partial charge in [-0.05, 0) is 18.8 Å². The van der Waals surface area contributed by atoms with Crippen LogP contribution in [-0.2, 0) is 14.3 Å². The molecule has 0 spiro atoms. The van der Waals surface area contributed by atoms with Crippen LogP contribution >= 0.6 is 0 Å². The largest absolute Gasteiger partial charge is 0.376 e. The van der Waals surface area contributed by atoms with Crippen molar-refractivity contribution in [1.29, 1.82) is 0 Å². The van der Waals surface area contributed by atoms with Gasteiger partial charge in [0.05, 0.1) is 44.7 Å². The quantitative estimate of drug-likeness (QED) is 0.809. The Bertz CT molecular complexity index is 303. The first-order chi connectivity index (χ1) is 9.11. The van der Waals surface area contributed by atoms with Gasteiger partial charge in [-0.3, -0.25) is 10.1 Å². The summed E-state index contributed by atoms with van der Waals surface area (Å²) in [4.78, 5) is 14.4. The van der Waals surface area contributed by atoms with E-state index < -0.39 is 0 Å². The monoisotopic (exact) mass is 270 g/mol. The maximum atomic E-state index is 12.5. The van der Waals surface area contributed by atoms with Crippen LogP contribution in [0.3, 0.4) is 0 Å². The summed E-state index contributed by atoms with van der Waals surface area (Å²) < 4.78 is 11.1. The Morgan fingerprint density at radius 2 is 2.21 bits per heavy atom. The molecule has 1 amide bonds. The van der Waals surface area contributed by atoms with Gasteiger partial charge in [-0.1, -0.05) is 20.8 Å². The minimum absolute atomic E-state index is 0.0198. The molecule has 0 aliphatic carbocycles. The summed E-state index contributed by atoms with van der Waals surface area (Å²) in [5.41, 5.74) is 0. The Balaban J connectivity index is 1.94. The lowest BCUT2D eigenvalue weighted by Gasteiger charge is -2.30. The van der Waals surface area contributed by atoms with E-state index in [-0.39, 0.29) is 24.2 Å². The van der Waals surface area contributed by atoms with Crippen LogP contribution < -0.4 is 5.32 Å². The number of ether oxygens (including phenoxy) is 2. The number of carbonyl (C=O) groups excluding carboxylic acids is 1. The molecule has 110 valence electrons. The van der Waals surface area contributed by atoms with Crippen LogP contribution in [0.5, 0.6) is 0 Å². The molecule has 5 nitrogen and oxygen atoms in total. The zero-order valence-electron chi connectivity index (χ0n) is 12.2. The van der Waals surface area contributed by atoms with Gasteiger partial charge in [0, 0.05) is 0 Å². The van der Waals surface area contributed by atoms with Crippen molar-refractivity contribution in [3.63, 3.8) is 0 Å². The third-order valence-corrected chi connectivity index (χ3v) is 3.73. The van der Waals surface area contributed by atoms with Crippen molar-refractivity contribution in [2.24, 2.45) is 5.92 Å². The summed E-state index contributed by atoms with van der Waals surface area (Å²) in [7, 11) is 0. The first-order valence-electron chi connectivity index (χ1n) is 7.37. The SMILES string of the molecule is CCC1NC(CC(C)C)C(=O)N1CC1COCCO1. The number of hydrogen-bond acceptors (Lipinski definition) is 4. The molecule has 2 heterocycles. The highest BCUT2D eigenvalue weighted by Crippen LogP contribution is 2.20. The number of hydrogen-bond donors (Lipinski definition) is 1. The van der Waals surface area contributed by atoms with Crippen molar-refractivity contribution in [1.82, 2.24) is 10.2 Å². The maximum absolute atomic E-state index is 12.5. The summed E-state index contributed by atoms with van der Waals surface area (Å²) >= 11 is 0. The van der Waals surface area contributed by atoms with Gasteiger partial charge in [0.2, 0.25) is 5.91 Å². The average molecular weight is 270 g/mol. The fourth-order valence-corrected chi connectivity index (χ4v) is 2.80. The van der Waals surface area contributed by atoms with Crippen LogP contribution in [0, 0.1) is 5.92 Å². The average Bonchev–Trinajstić information content (AvgIpc) is 2.68. The van der Waals surface area contributed by atoms with E-state index in [1.54, 1.807) is 0 Å². The highest BCUT2D eigenvalue weighted by Gasteiger charge is 2.39. The van der Waals surface area contributed by atoms with Crippen LogP contribution in [-0.4, -0.2) is 55.5 Å². The molecule has 0 bridgehead atoms. The van der Waals surface area contributed by atoms with Crippen molar-refractivity contribution in [3.05, 3.63) is 0 Å². The molecule has 1 N–H and O–H groups in total. The van der Waals surface area contributed by atoms with Crippen molar-refractivity contribution < 1.29 is 14.3 Å². The van der Waals surface area contributed by atoms with Crippen molar-refractivity contribution >= 4 is 5.91 Å². The Labute approximate surface area is 115 Å². The highest BCUT2D eigenvalue weighted by atomic mass is 16.6. The van der Waals surface area contributed by atoms with E-state index in [0.29, 0.717) is 32.3 Å². The standard InChI is InChI=1S/C14H26N2O3/c1-4-13-15-12(7-10(2)3)14(17)16(13)8-11-9-18-5-6-19-11/h10-13,15H,4-9H2,1-3H3. The molecular weight excluding hydrogens is 244 g/mol. The fourth-order valence-electron chi connectivity index (χ4n) is 2.80.